The topological polar surface area (TPSA) is 21.8 Å². The SMILES string of the molecule is C#C[C@@]1(C)O[C@@H]1COCc1ccccc1. The Morgan fingerprint density at radius 2 is 2.20 bits per heavy atom. The Kier molecular flexibility index (Phi) is 2.77. The molecular weight excluding hydrogens is 188 g/mol. The molecule has 0 unspecified atom stereocenters. The molecule has 0 N–H and O–H groups in total. The molecule has 2 rings (SSSR count). The van der Waals surface area contributed by atoms with Crippen LogP contribution in [0.1, 0.15) is 12.5 Å². The van der Waals surface area contributed by atoms with Crippen LogP contribution in [0, 0.1) is 12.3 Å². The average Bonchev–Trinajstić information content (AvgIpc) is 2.92. The van der Waals surface area contributed by atoms with Crippen molar-refractivity contribution in [3.05, 3.63) is 35.9 Å². The monoisotopic (exact) mass is 202 g/mol. The lowest BCUT2D eigenvalue weighted by Gasteiger charge is -2.02. The van der Waals surface area contributed by atoms with Gasteiger partial charge in [0.25, 0.3) is 0 Å². The van der Waals surface area contributed by atoms with E-state index in [2.05, 4.69) is 5.92 Å². The van der Waals surface area contributed by atoms with Crippen LogP contribution in [0.5, 0.6) is 0 Å². The number of benzene rings is 1. The Morgan fingerprint density at radius 1 is 1.47 bits per heavy atom. The third-order valence-corrected chi connectivity index (χ3v) is 2.61. The molecular formula is C13H14O2. The molecule has 1 aromatic rings. The van der Waals surface area contributed by atoms with E-state index in [1.807, 2.05) is 37.3 Å². The zero-order chi connectivity index (χ0) is 10.7. The van der Waals surface area contributed by atoms with Crippen molar-refractivity contribution in [2.75, 3.05) is 6.61 Å². The summed E-state index contributed by atoms with van der Waals surface area (Å²) in [6.07, 6.45) is 5.37. The Labute approximate surface area is 90.2 Å². The van der Waals surface area contributed by atoms with Gasteiger partial charge in [-0.3, -0.25) is 0 Å². The predicted octanol–water partition coefficient (Wildman–Crippen LogP) is 1.99. The Balaban J connectivity index is 1.72. The lowest BCUT2D eigenvalue weighted by Crippen LogP contribution is -2.11. The van der Waals surface area contributed by atoms with Crippen LogP contribution in [0.2, 0.25) is 0 Å². The van der Waals surface area contributed by atoms with Gasteiger partial charge in [0.15, 0.2) is 5.60 Å². The van der Waals surface area contributed by atoms with Crippen LogP contribution >= 0.6 is 0 Å². The predicted molar refractivity (Wildman–Crippen MR) is 58.2 cm³/mol. The van der Waals surface area contributed by atoms with E-state index in [4.69, 9.17) is 15.9 Å². The molecule has 1 aliphatic rings. The second kappa shape index (κ2) is 4.06. The minimum absolute atomic E-state index is 0.0613. The number of hydrogen-bond donors (Lipinski definition) is 0. The number of rotatable bonds is 4. The fourth-order valence-corrected chi connectivity index (χ4v) is 1.44. The molecule has 0 saturated carbocycles. The number of epoxide rings is 1. The number of hydrogen-bond acceptors (Lipinski definition) is 2. The van der Waals surface area contributed by atoms with Gasteiger partial charge in [-0.15, -0.1) is 6.42 Å². The van der Waals surface area contributed by atoms with Crippen LogP contribution in [-0.2, 0) is 16.1 Å². The normalized spacial score (nSPS) is 28.4. The zero-order valence-corrected chi connectivity index (χ0v) is 8.77. The van der Waals surface area contributed by atoms with Gasteiger partial charge in [0.1, 0.15) is 6.10 Å². The maximum absolute atomic E-state index is 5.52. The van der Waals surface area contributed by atoms with Crippen molar-refractivity contribution in [2.45, 2.75) is 25.2 Å². The standard InChI is InChI=1S/C13H14O2/c1-3-13(2)12(15-13)10-14-9-11-7-5-4-6-8-11/h1,4-8,12H,9-10H2,2H3/t12-,13-/m1/s1. The molecule has 1 heterocycles. The van der Waals surface area contributed by atoms with Crippen LogP contribution in [0.15, 0.2) is 30.3 Å². The molecule has 0 amide bonds. The fourth-order valence-electron chi connectivity index (χ4n) is 1.44. The van der Waals surface area contributed by atoms with Gasteiger partial charge < -0.3 is 9.47 Å². The van der Waals surface area contributed by atoms with E-state index in [1.54, 1.807) is 0 Å². The first-order valence-corrected chi connectivity index (χ1v) is 5.02. The highest BCUT2D eigenvalue weighted by atomic mass is 16.6. The molecule has 0 spiro atoms. The third kappa shape index (κ3) is 2.38. The second-order valence-electron chi connectivity index (χ2n) is 3.86. The van der Waals surface area contributed by atoms with Gasteiger partial charge in [0, 0.05) is 0 Å². The highest BCUT2D eigenvalue weighted by Gasteiger charge is 2.51. The summed E-state index contributed by atoms with van der Waals surface area (Å²) >= 11 is 0. The summed E-state index contributed by atoms with van der Waals surface area (Å²) in [4.78, 5) is 0. The van der Waals surface area contributed by atoms with E-state index in [-0.39, 0.29) is 6.10 Å². The van der Waals surface area contributed by atoms with Crippen molar-refractivity contribution in [3.8, 4) is 12.3 Å². The second-order valence-corrected chi connectivity index (χ2v) is 3.86. The van der Waals surface area contributed by atoms with E-state index in [9.17, 15) is 0 Å². The molecule has 1 aromatic carbocycles. The fraction of sp³-hybridized carbons (Fsp3) is 0.385. The summed E-state index contributed by atoms with van der Waals surface area (Å²) in [6, 6.07) is 10.1. The van der Waals surface area contributed by atoms with Gasteiger partial charge in [-0.2, -0.15) is 0 Å². The first kappa shape index (κ1) is 10.2. The molecule has 0 radical (unpaired) electrons. The molecule has 78 valence electrons. The van der Waals surface area contributed by atoms with E-state index < -0.39 is 5.60 Å². The summed E-state index contributed by atoms with van der Waals surface area (Å²) in [7, 11) is 0. The minimum Gasteiger partial charge on any atom is -0.374 e. The smallest absolute Gasteiger partial charge is 0.154 e. The molecule has 0 aromatic heterocycles. The minimum atomic E-state index is -0.392. The summed E-state index contributed by atoms with van der Waals surface area (Å²) in [6.45, 7) is 3.08. The van der Waals surface area contributed by atoms with Gasteiger partial charge in [-0.05, 0) is 12.5 Å². The van der Waals surface area contributed by atoms with Crippen LogP contribution < -0.4 is 0 Å². The molecule has 0 aliphatic carbocycles. The Morgan fingerprint density at radius 3 is 2.80 bits per heavy atom. The van der Waals surface area contributed by atoms with E-state index in [0.29, 0.717) is 13.2 Å². The van der Waals surface area contributed by atoms with Gasteiger partial charge in [-0.25, -0.2) is 0 Å². The highest BCUT2D eigenvalue weighted by molar-refractivity contribution is 5.20. The summed E-state index contributed by atoms with van der Waals surface area (Å²) in [5.41, 5.74) is 0.775. The lowest BCUT2D eigenvalue weighted by molar-refractivity contribution is 0.104. The quantitative estimate of drug-likeness (QED) is 0.550. The van der Waals surface area contributed by atoms with E-state index >= 15 is 0 Å². The molecule has 2 atom stereocenters. The van der Waals surface area contributed by atoms with E-state index in [0.717, 1.165) is 0 Å². The van der Waals surface area contributed by atoms with Crippen molar-refractivity contribution in [2.24, 2.45) is 0 Å². The largest absolute Gasteiger partial charge is 0.374 e. The van der Waals surface area contributed by atoms with Crippen LogP contribution in [0.25, 0.3) is 0 Å². The molecule has 1 saturated heterocycles. The van der Waals surface area contributed by atoms with Crippen LogP contribution in [-0.4, -0.2) is 18.3 Å². The van der Waals surface area contributed by atoms with E-state index in [1.165, 1.54) is 5.56 Å². The first-order valence-electron chi connectivity index (χ1n) is 5.02. The van der Waals surface area contributed by atoms with Crippen molar-refractivity contribution in [3.63, 3.8) is 0 Å². The summed E-state index contributed by atoms with van der Waals surface area (Å²) in [5, 5.41) is 0. The maximum atomic E-state index is 5.52. The first-order chi connectivity index (χ1) is 7.24. The van der Waals surface area contributed by atoms with Gasteiger partial charge in [0.2, 0.25) is 0 Å². The molecule has 15 heavy (non-hydrogen) atoms. The maximum Gasteiger partial charge on any atom is 0.154 e. The molecule has 1 aliphatic heterocycles. The molecule has 2 heteroatoms. The summed E-state index contributed by atoms with van der Waals surface area (Å²) < 4.78 is 10.9. The zero-order valence-electron chi connectivity index (χ0n) is 8.77. The third-order valence-electron chi connectivity index (χ3n) is 2.61. The van der Waals surface area contributed by atoms with Gasteiger partial charge in [-0.1, -0.05) is 36.3 Å². The number of ether oxygens (including phenoxy) is 2. The highest BCUT2D eigenvalue weighted by Crippen LogP contribution is 2.35. The molecule has 0 bridgehead atoms. The molecule has 1 fully saturated rings. The summed E-state index contributed by atoms with van der Waals surface area (Å²) in [5.74, 6) is 2.61. The van der Waals surface area contributed by atoms with Crippen LogP contribution in [0.4, 0.5) is 0 Å². The average molecular weight is 202 g/mol. The van der Waals surface area contributed by atoms with Crippen molar-refractivity contribution in [1.29, 1.82) is 0 Å². The van der Waals surface area contributed by atoms with Crippen LogP contribution in [0.3, 0.4) is 0 Å². The molecule has 2 nitrogen and oxygen atoms in total. The lowest BCUT2D eigenvalue weighted by atomic mass is 10.1. The number of terminal acetylenes is 1. The van der Waals surface area contributed by atoms with Gasteiger partial charge in [0.05, 0.1) is 13.2 Å². The van der Waals surface area contributed by atoms with Gasteiger partial charge >= 0.3 is 0 Å². The van der Waals surface area contributed by atoms with Crippen molar-refractivity contribution in [1.82, 2.24) is 0 Å². The Hall–Kier alpha value is -1.30. The van der Waals surface area contributed by atoms with Crippen molar-refractivity contribution >= 4 is 0 Å². The van der Waals surface area contributed by atoms with Crippen molar-refractivity contribution < 1.29 is 9.47 Å². The Bertz CT molecular complexity index is 366.